The van der Waals surface area contributed by atoms with Crippen molar-refractivity contribution in [1.29, 1.82) is 0 Å². The minimum absolute atomic E-state index is 0.0585. The predicted molar refractivity (Wildman–Crippen MR) is 110 cm³/mol. The summed E-state index contributed by atoms with van der Waals surface area (Å²) in [6.07, 6.45) is 3.26. The van der Waals surface area contributed by atoms with Gasteiger partial charge in [-0.3, -0.25) is 20.4 Å². The Kier molecular flexibility index (Phi) is 6.66. The quantitative estimate of drug-likeness (QED) is 0.574. The largest absolute Gasteiger partial charge is 0.273 e. The Hall–Kier alpha value is -2.71. The van der Waals surface area contributed by atoms with Crippen LogP contribution >= 0.6 is 0 Å². The Bertz CT molecular complexity index is 966. The van der Waals surface area contributed by atoms with Gasteiger partial charge in [0.1, 0.15) is 0 Å². The zero-order valence-corrected chi connectivity index (χ0v) is 17.1. The summed E-state index contributed by atoms with van der Waals surface area (Å²) < 4.78 is 26.9. The lowest BCUT2D eigenvalue weighted by Gasteiger charge is -2.09. The van der Waals surface area contributed by atoms with Gasteiger partial charge < -0.3 is 0 Å². The second-order valence-electron chi connectivity index (χ2n) is 7.09. The highest BCUT2D eigenvalue weighted by Gasteiger charge is 2.27. The summed E-state index contributed by atoms with van der Waals surface area (Å²) in [4.78, 5) is 24.2. The number of benzene rings is 2. The van der Waals surface area contributed by atoms with Gasteiger partial charge in [0.05, 0.1) is 4.90 Å². The van der Waals surface area contributed by atoms with Crippen molar-refractivity contribution in [3.05, 3.63) is 65.2 Å². The van der Waals surface area contributed by atoms with Crippen LogP contribution in [-0.2, 0) is 27.7 Å². The summed E-state index contributed by atoms with van der Waals surface area (Å²) in [6.45, 7) is 2.03. The third-order valence-electron chi connectivity index (χ3n) is 4.71. The molecule has 0 bridgehead atoms. The van der Waals surface area contributed by atoms with Crippen LogP contribution < -0.4 is 15.6 Å². The molecule has 29 heavy (non-hydrogen) atoms. The van der Waals surface area contributed by atoms with Gasteiger partial charge >= 0.3 is 0 Å². The Morgan fingerprint density at radius 1 is 0.931 bits per heavy atom. The van der Waals surface area contributed by atoms with Crippen molar-refractivity contribution >= 4 is 21.8 Å². The third kappa shape index (κ3) is 6.13. The zero-order valence-electron chi connectivity index (χ0n) is 16.3. The topological polar surface area (TPSA) is 104 Å². The lowest BCUT2D eigenvalue weighted by Crippen LogP contribution is -2.41. The molecule has 0 unspecified atom stereocenters. The van der Waals surface area contributed by atoms with E-state index in [2.05, 4.69) is 15.6 Å². The van der Waals surface area contributed by atoms with E-state index in [-0.39, 0.29) is 29.2 Å². The van der Waals surface area contributed by atoms with Crippen molar-refractivity contribution in [2.24, 2.45) is 0 Å². The first-order valence-corrected chi connectivity index (χ1v) is 11.1. The number of sulfonamides is 1. The summed E-state index contributed by atoms with van der Waals surface area (Å²) in [7, 11) is -3.47. The molecule has 0 aromatic heterocycles. The van der Waals surface area contributed by atoms with Gasteiger partial charge in [0, 0.05) is 18.0 Å². The van der Waals surface area contributed by atoms with Crippen LogP contribution in [0.4, 0.5) is 0 Å². The van der Waals surface area contributed by atoms with Crippen LogP contribution in [0.2, 0.25) is 0 Å². The molecule has 2 aromatic carbocycles. The molecule has 0 atom stereocenters. The molecule has 2 amide bonds. The fourth-order valence-electron chi connectivity index (χ4n) is 2.73. The third-order valence-corrected chi connectivity index (χ3v) is 6.25. The van der Waals surface area contributed by atoms with Crippen LogP contribution in [0.3, 0.4) is 0 Å². The number of nitrogens with one attached hydrogen (secondary N) is 3. The number of rotatable bonds is 8. The number of hydrogen-bond donors (Lipinski definition) is 3. The highest BCUT2D eigenvalue weighted by molar-refractivity contribution is 7.89. The maximum atomic E-state index is 12.1. The average Bonchev–Trinajstić information content (AvgIpc) is 3.54. The SMILES string of the molecule is CCc1ccc(C(=O)NNC(=O)CCc2ccc(S(=O)(=O)NC3CC3)cc2)cc1. The first-order valence-electron chi connectivity index (χ1n) is 9.67. The van der Waals surface area contributed by atoms with Crippen molar-refractivity contribution < 1.29 is 18.0 Å². The van der Waals surface area contributed by atoms with Crippen LogP contribution in [-0.4, -0.2) is 26.3 Å². The number of aryl methyl sites for hydroxylation is 2. The summed E-state index contributed by atoms with van der Waals surface area (Å²) in [6, 6.07) is 13.7. The maximum Gasteiger partial charge on any atom is 0.269 e. The fourth-order valence-corrected chi connectivity index (χ4v) is 4.04. The summed E-state index contributed by atoms with van der Waals surface area (Å²) >= 11 is 0. The smallest absolute Gasteiger partial charge is 0.269 e. The van der Waals surface area contributed by atoms with Gasteiger partial charge in [0.15, 0.2) is 0 Å². The van der Waals surface area contributed by atoms with E-state index in [0.717, 1.165) is 30.4 Å². The molecule has 1 saturated carbocycles. The van der Waals surface area contributed by atoms with Crippen LogP contribution in [0, 0.1) is 0 Å². The number of hydrogen-bond acceptors (Lipinski definition) is 4. The van der Waals surface area contributed by atoms with Crippen LogP contribution in [0.1, 0.15) is 47.7 Å². The molecule has 0 heterocycles. The minimum Gasteiger partial charge on any atom is -0.273 e. The fraction of sp³-hybridized carbons (Fsp3) is 0.333. The Morgan fingerprint density at radius 3 is 2.14 bits per heavy atom. The molecule has 1 aliphatic rings. The highest BCUT2D eigenvalue weighted by atomic mass is 32.2. The van der Waals surface area contributed by atoms with Gasteiger partial charge in [-0.25, -0.2) is 13.1 Å². The predicted octanol–water partition coefficient (Wildman–Crippen LogP) is 2.08. The molecule has 0 radical (unpaired) electrons. The molecule has 3 N–H and O–H groups in total. The Balaban J connectivity index is 1.44. The molecule has 3 rings (SSSR count). The molecule has 154 valence electrons. The van der Waals surface area contributed by atoms with Crippen LogP contribution in [0.25, 0.3) is 0 Å². The first-order chi connectivity index (χ1) is 13.9. The van der Waals surface area contributed by atoms with E-state index in [0.29, 0.717) is 12.0 Å². The second kappa shape index (κ2) is 9.19. The van der Waals surface area contributed by atoms with Crippen molar-refractivity contribution in [2.45, 2.75) is 50.0 Å². The molecule has 1 aliphatic carbocycles. The first kappa shape index (κ1) is 21.0. The molecule has 0 saturated heterocycles. The number of hydrazine groups is 1. The average molecular weight is 416 g/mol. The lowest BCUT2D eigenvalue weighted by molar-refractivity contribution is -0.121. The monoisotopic (exact) mass is 415 g/mol. The molecular formula is C21H25N3O4S. The van der Waals surface area contributed by atoms with E-state index in [1.165, 1.54) is 0 Å². The molecule has 0 aliphatic heterocycles. The molecule has 7 nitrogen and oxygen atoms in total. The van der Waals surface area contributed by atoms with Gasteiger partial charge in [-0.05, 0) is 61.1 Å². The van der Waals surface area contributed by atoms with Crippen molar-refractivity contribution in [3.8, 4) is 0 Å². The van der Waals surface area contributed by atoms with Gasteiger partial charge in [-0.1, -0.05) is 31.2 Å². The lowest BCUT2D eigenvalue weighted by atomic mass is 10.1. The number of carbonyl (C=O) groups is 2. The molecule has 0 spiro atoms. The van der Waals surface area contributed by atoms with Crippen molar-refractivity contribution in [3.63, 3.8) is 0 Å². The standard InChI is InChI=1S/C21H25N3O4S/c1-2-15-3-8-17(9-4-15)21(26)23-22-20(25)14-7-16-5-12-19(13-6-16)29(27,28)24-18-10-11-18/h3-6,8-9,12-13,18,24H,2,7,10-11,14H2,1H3,(H,22,25)(H,23,26). The van der Waals surface area contributed by atoms with Crippen molar-refractivity contribution in [1.82, 2.24) is 15.6 Å². The van der Waals surface area contributed by atoms with Crippen molar-refractivity contribution in [2.75, 3.05) is 0 Å². The number of amides is 2. The van der Waals surface area contributed by atoms with Gasteiger partial charge in [-0.2, -0.15) is 0 Å². The Morgan fingerprint density at radius 2 is 1.55 bits per heavy atom. The second-order valence-corrected chi connectivity index (χ2v) is 8.81. The molecule has 1 fully saturated rings. The minimum atomic E-state index is -3.47. The van der Waals surface area contributed by atoms with Crippen LogP contribution in [0.5, 0.6) is 0 Å². The van der Waals surface area contributed by atoms with E-state index in [1.807, 2.05) is 19.1 Å². The number of carbonyl (C=O) groups excluding carboxylic acids is 2. The summed E-state index contributed by atoms with van der Waals surface area (Å²) in [5.74, 6) is -0.700. The molecular weight excluding hydrogens is 390 g/mol. The van der Waals surface area contributed by atoms with E-state index in [9.17, 15) is 18.0 Å². The van der Waals surface area contributed by atoms with Crippen LogP contribution in [0.15, 0.2) is 53.4 Å². The maximum absolute atomic E-state index is 12.1. The van der Waals surface area contributed by atoms with Gasteiger partial charge in [0.2, 0.25) is 15.9 Å². The van der Waals surface area contributed by atoms with E-state index >= 15 is 0 Å². The highest BCUT2D eigenvalue weighted by Crippen LogP contribution is 2.22. The molecule has 2 aromatic rings. The summed E-state index contributed by atoms with van der Waals surface area (Å²) in [5.41, 5.74) is 7.24. The van der Waals surface area contributed by atoms with E-state index in [4.69, 9.17) is 0 Å². The van der Waals surface area contributed by atoms with Gasteiger partial charge in [-0.15, -0.1) is 0 Å². The van der Waals surface area contributed by atoms with E-state index in [1.54, 1.807) is 36.4 Å². The summed E-state index contributed by atoms with van der Waals surface area (Å²) in [5, 5.41) is 0. The Labute approximate surface area is 170 Å². The zero-order chi connectivity index (χ0) is 20.9. The molecule has 8 heteroatoms. The van der Waals surface area contributed by atoms with E-state index < -0.39 is 10.0 Å². The van der Waals surface area contributed by atoms with Gasteiger partial charge in [0.25, 0.3) is 5.91 Å². The normalized spacial score (nSPS) is 13.7.